The first-order chi connectivity index (χ1) is 7.25. The van der Waals surface area contributed by atoms with Gasteiger partial charge in [0, 0.05) is 23.5 Å². The van der Waals surface area contributed by atoms with E-state index in [1.807, 2.05) is 12.3 Å². The van der Waals surface area contributed by atoms with Crippen LogP contribution in [0.2, 0.25) is 0 Å². The number of hydrogen-bond acceptors (Lipinski definition) is 4. The van der Waals surface area contributed by atoms with Crippen LogP contribution in [0.5, 0.6) is 0 Å². The van der Waals surface area contributed by atoms with Gasteiger partial charge in [-0.2, -0.15) is 0 Å². The van der Waals surface area contributed by atoms with Crippen LogP contribution in [0.15, 0.2) is 29.9 Å². The Bertz CT molecular complexity index is 450. The molecule has 2 aromatic heterocycles. The highest BCUT2D eigenvalue weighted by molar-refractivity contribution is 7.13. The second-order valence-electron chi connectivity index (χ2n) is 2.98. The van der Waals surface area contributed by atoms with Crippen molar-refractivity contribution < 1.29 is 4.79 Å². The van der Waals surface area contributed by atoms with Crippen LogP contribution in [0.3, 0.4) is 0 Å². The van der Waals surface area contributed by atoms with Gasteiger partial charge in [-0.25, -0.2) is 4.98 Å². The lowest BCUT2D eigenvalue weighted by Gasteiger charge is -2.00. The Morgan fingerprint density at radius 1 is 1.40 bits per heavy atom. The molecule has 0 aliphatic rings. The maximum Gasteiger partial charge on any atom is 0.259 e. The van der Waals surface area contributed by atoms with Crippen LogP contribution < -0.4 is 5.32 Å². The van der Waals surface area contributed by atoms with Crippen molar-refractivity contribution in [3.8, 4) is 0 Å². The summed E-state index contributed by atoms with van der Waals surface area (Å²) in [5, 5.41) is 5.09. The average Bonchev–Trinajstić information content (AvgIpc) is 2.71. The molecule has 5 heteroatoms. The summed E-state index contributed by atoms with van der Waals surface area (Å²) in [7, 11) is 0. The van der Waals surface area contributed by atoms with Crippen molar-refractivity contribution in [3.63, 3.8) is 0 Å². The van der Waals surface area contributed by atoms with E-state index in [-0.39, 0.29) is 5.91 Å². The molecule has 0 aliphatic carbocycles. The molecule has 0 bridgehead atoms. The fourth-order valence-corrected chi connectivity index (χ4v) is 1.58. The van der Waals surface area contributed by atoms with Gasteiger partial charge >= 0.3 is 0 Å². The van der Waals surface area contributed by atoms with Crippen molar-refractivity contribution >= 4 is 22.4 Å². The van der Waals surface area contributed by atoms with E-state index in [0.29, 0.717) is 10.7 Å². The SMILES string of the molecule is Cc1ccc(C(=O)Nc2nccs2)cn1. The van der Waals surface area contributed by atoms with Crippen molar-refractivity contribution in [1.82, 2.24) is 9.97 Å². The van der Waals surface area contributed by atoms with E-state index in [4.69, 9.17) is 0 Å². The van der Waals surface area contributed by atoms with Gasteiger partial charge in [-0.05, 0) is 19.1 Å². The number of aryl methyl sites for hydroxylation is 1. The molecule has 0 atom stereocenters. The third-order valence-corrected chi connectivity index (χ3v) is 2.51. The smallest absolute Gasteiger partial charge is 0.259 e. The Morgan fingerprint density at radius 3 is 2.87 bits per heavy atom. The number of anilines is 1. The van der Waals surface area contributed by atoms with Gasteiger partial charge < -0.3 is 0 Å². The van der Waals surface area contributed by atoms with Gasteiger partial charge in [-0.3, -0.25) is 15.1 Å². The van der Waals surface area contributed by atoms with Crippen molar-refractivity contribution in [2.75, 3.05) is 5.32 Å². The Kier molecular flexibility index (Phi) is 2.73. The number of carbonyl (C=O) groups is 1. The molecule has 0 saturated carbocycles. The van der Waals surface area contributed by atoms with Gasteiger partial charge in [0.25, 0.3) is 5.91 Å². The standard InChI is InChI=1S/C10H9N3OS/c1-7-2-3-8(6-12-7)9(14)13-10-11-4-5-15-10/h2-6H,1H3,(H,11,13,14). The van der Waals surface area contributed by atoms with Crippen LogP contribution in [-0.2, 0) is 0 Å². The zero-order chi connectivity index (χ0) is 10.7. The summed E-state index contributed by atoms with van der Waals surface area (Å²) in [4.78, 5) is 19.7. The van der Waals surface area contributed by atoms with E-state index >= 15 is 0 Å². The third-order valence-electron chi connectivity index (χ3n) is 1.83. The van der Waals surface area contributed by atoms with Crippen molar-refractivity contribution in [2.45, 2.75) is 6.92 Å². The number of pyridine rings is 1. The number of rotatable bonds is 2. The number of thiazole rings is 1. The summed E-state index contributed by atoms with van der Waals surface area (Å²) in [6, 6.07) is 3.54. The monoisotopic (exact) mass is 219 g/mol. The average molecular weight is 219 g/mol. The molecule has 0 radical (unpaired) electrons. The second-order valence-corrected chi connectivity index (χ2v) is 3.87. The Hall–Kier alpha value is -1.75. The van der Waals surface area contributed by atoms with E-state index < -0.39 is 0 Å². The molecule has 4 nitrogen and oxygen atoms in total. The lowest BCUT2D eigenvalue weighted by atomic mass is 10.2. The molecule has 2 heterocycles. The summed E-state index contributed by atoms with van der Waals surface area (Å²) in [5.41, 5.74) is 1.43. The third kappa shape index (κ3) is 2.38. The lowest BCUT2D eigenvalue weighted by Crippen LogP contribution is -2.11. The number of amides is 1. The Balaban J connectivity index is 2.11. The Morgan fingerprint density at radius 2 is 2.27 bits per heavy atom. The minimum Gasteiger partial charge on any atom is -0.298 e. The second kappa shape index (κ2) is 4.18. The maximum atomic E-state index is 11.6. The lowest BCUT2D eigenvalue weighted by molar-refractivity contribution is 0.102. The molecule has 15 heavy (non-hydrogen) atoms. The highest BCUT2D eigenvalue weighted by Gasteiger charge is 2.06. The predicted molar refractivity (Wildman–Crippen MR) is 59.0 cm³/mol. The molecule has 0 spiro atoms. The molecular formula is C10H9N3OS. The molecule has 2 rings (SSSR count). The first kappa shape index (κ1) is 9.79. The fraction of sp³-hybridized carbons (Fsp3) is 0.100. The fourth-order valence-electron chi connectivity index (χ4n) is 1.06. The normalized spacial score (nSPS) is 9.93. The van der Waals surface area contributed by atoms with Crippen LogP contribution in [0.25, 0.3) is 0 Å². The number of hydrogen-bond donors (Lipinski definition) is 1. The zero-order valence-electron chi connectivity index (χ0n) is 8.10. The summed E-state index contributed by atoms with van der Waals surface area (Å²) in [6.45, 7) is 1.88. The summed E-state index contributed by atoms with van der Waals surface area (Å²) in [5.74, 6) is -0.183. The van der Waals surface area contributed by atoms with Gasteiger partial charge in [-0.1, -0.05) is 0 Å². The largest absolute Gasteiger partial charge is 0.298 e. The molecule has 0 aromatic carbocycles. The molecule has 76 valence electrons. The Labute approximate surface area is 91.0 Å². The van der Waals surface area contributed by atoms with Crippen LogP contribution >= 0.6 is 11.3 Å². The zero-order valence-corrected chi connectivity index (χ0v) is 8.91. The van der Waals surface area contributed by atoms with E-state index in [0.717, 1.165) is 5.69 Å². The van der Waals surface area contributed by atoms with E-state index in [2.05, 4.69) is 15.3 Å². The molecule has 1 N–H and O–H groups in total. The number of carbonyl (C=O) groups excluding carboxylic acids is 1. The number of nitrogens with one attached hydrogen (secondary N) is 1. The van der Waals surface area contributed by atoms with Crippen molar-refractivity contribution in [2.24, 2.45) is 0 Å². The predicted octanol–water partition coefficient (Wildman–Crippen LogP) is 2.10. The van der Waals surface area contributed by atoms with E-state index in [1.165, 1.54) is 11.3 Å². The molecular weight excluding hydrogens is 210 g/mol. The van der Waals surface area contributed by atoms with Crippen LogP contribution in [0.1, 0.15) is 16.1 Å². The topological polar surface area (TPSA) is 54.9 Å². The van der Waals surface area contributed by atoms with Gasteiger partial charge in [-0.15, -0.1) is 11.3 Å². The van der Waals surface area contributed by atoms with Crippen molar-refractivity contribution in [1.29, 1.82) is 0 Å². The highest BCUT2D eigenvalue weighted by Crippen LogP contribution is 2.11. The minimum atomic E-state index is -0.183. The molecule has 0 aliphatic heterocycles. The summed E-state index contributed by atoms with van der Waals surface area (Å²) >= 11 is 1.39. The molecule has 1 amide bonds. The van der Waals surface area contributed by atoms with Gasteiger partial charge in [0.15, 0.2) is 5.13 Å². The first-order valence-corrected chi connectivity index (χ1v) is 5.27. The molecule has 0 fully saturated rings. The maximum absolute atomic E-state index is 11.6. The van der Waals surface area contributed by atoms with Gasteiger partial charge in [0.1, 0.15) is 0 Å². The van der Waals surface area contributed by atoms with Gasteiger partial charge in [0.2, 0.25) is 0 Å². The molecule has 0 unspecified atom stereocenters. The van der Waals surface area contributed by atoms with Crippen molar-refractivity contribution in [3.05, 3.63) is 41.2 Å². The minimum absolute atomic E-state index is 0.183. The first-order valence-electron chi connectivity index (χ1n) is 4.39. The number of aromatic nitrogens is 2. The van der Waals surface area contributed by atoms with E-state index in [9.17, 15) is 4.79 Å². The highest BCUT2D eigenvalue weighted by atomic mass is 32.1. The number of nitrogens with zero attached hydrogens (tertiary/aromatic N) is 2. The van der Waals surface area contributed by atoms with Gasteiger partial charge in [0.05, 0.1) is 5.56 Å². The summed E-state index contributed by atoms with van der Waals surface area (Å²) in [6.07, 6.45) is 3.20. The van der Waals surface area contributed by atoms with Crippen LogP contribution in [0.4, 0.5) is 5.13 Å². The van der Waals surface area contributed by atoms with Crippen LogP contribution in [0, 0.1) is 6.92 Å². The molecule has 2 aromatic rings. The quantitative estimate of drug-likeness (QED) is 0.841. The summed E-state index contributed by atoms with van der Waals surface area (Å²) < 4.78 is 0. The van der Waals surface area contributed by atoms with Crippen LogP contribution in [-0.4, -0.2) is 15.9 Å². The van der Waals surface area contributed by atoms with E-state index in [1.54, 1.807) is 24.5 Å². The molecule has 0 saturated heterocycles.